The number of nitrogens with zero attached hydrogens (tertiary/aromatic N) is 2. The molecule has 0 radical (unpaired) electrons. The number of amides is 1. The van der Waals surface area contributed by atoms with E-state index < -0.39 is 11.6 Å². The third kappa shape index (κ3) is 5.88. The van der Waals surface area contributed by atoms with Crippen LogP contribution in [0.4, 0.5) is 8.78 Å². The summed E-state index contributed by atoms with van der Waals surface area (Å²) in [5.74, 6) is -1.50. The molecule has 0 atom stereocenters. The predicted octanol–water partition coefficient (Wildman–Crippen LogP) is 6.11. The van der Waals surface area contributed by atoms with Crippen molar-refractivity contribution in [3.63, 3.8) is 0 Å². The Hall–Kier alpha value is -3.32. The largest absolute Gasteiger partial charge is 0.366 e. The van der Waals surface area contributed by atoms with Gasteiger partial charge in [0.25, 0.3) is 0 Å². The van der Waals surface area contributed by atoms with Crippen LogP contribution in [0.1, 0.15) is 77.1 Å². The van der Waals surface area contributed by atoms with E-state index in [1.54, 1.807) is 0 Å². The second-order valence-corrected chi connectivity index (χ2v) is 10.8. The van der Waals surface area contributed by atoms with E-state index >= 15 is 0 Å². The first-order valence-electron chi connectivity index (χ1n) is 13.7. The highest BCUT2D eigenvalue weighted by molar-refractivity contribution is 5.98. The molecule has 5 nitrogen and oxygen atoms in total. The number of nitrogens with two attached hydrogens (primary N) is 1. The Morgan fingerprint density at radius 1 is 0.868 bits per heavy atom. The summed E-state index contributed by atoms with van der Waals surface area (Å²) in [4.78, 5) is 27.3. The third-order valence-corrected chi connectivity index (χ3v) is 8.51. The molecule has 2 aromatic carbocycles. The van der Waals surface area contributed by atoms with Gasteiger partial charge in [0.1, 0.15) is 0 Å². The van der Waals surface area contributed by atoms with E-state index in [0.29, 0.717) is 17.4 Å². The molecule has 1 saturated carbocycles. The summed E-state index contributed by atoms with van der Waals surface area (Å²) in [6.07, 6.45) is 11.0. The molecule has 1 saturated heterocycles. The molecule has 2 N–H and O–H groups in total. The van der Waals surface area contributed by atoms with Crippen molar-refractivity contribution < 1.29 is 18.4 Å². The van der Waals surface area contributed by atoms with Gasteiger partial charge in [-0.05, 0) is 131 Å². The van der Waals surface area contributed by atoms with Crippen LogP contribution in [-0.4, -0.2) is 40.8 Å². The lowest BCUT2D eigenvalue weighted by molar-refractivity contribution is 0.0831. The molecule has 1 aliphatic carbocycles. The molecule has 0 unspecified atom stereocenters. The van der Waals surface area contributed by atoms with Gasteiger partial charge in [-0.1, -0.05) is 0 Å². The molecule has 38 heavy (non-hydrogen) atoms. The van der Waals surface area contributed by atoms with E-state index in [9.17, 15) is 18.4 Å². The lowest BCUT2D eigenvalue weighted by Gasteiger charge is -2.34. The second kappa shape index (κ2) is 11.6. The number of piperidine rings is 1. The minimum absolute atomic E-state index is 0.0851. The highest BCUT2D eigenvalue weighted by atomic mass is 19.2. The van der Waals surface area contributed by atoms with Gasteiger partial charge in [-0.3, -0.25) is 9.59 Å². The van der Waals surface area contributed by atoms with E-state index in [0.717, 1.165) is 88.0 Å². The van der Waals surface area contributed by atoms with Gasteiger partial charge in [0, 0.05) is 35.1 Å². The Labute approximate surface area is 222 Å². The third-order valence-electron chi connectivity index (χ3n) is 8.51. The molecular weight excluding hydrogens is 484 g/mol. The maximum Gasteiger partial charge on any atom is 0.248 e. The first-order chi connectivity index (χ1) is 18.4. The number of benzene rings is 2. The number of ketones is 1. The van der Waals surface area contributed by atoms with Crippen LogP contribution in [0.3, 0.4) is 0 Å². The van der Waals surface area contributed by atoms with Crippen LogP contribution in [0.15, 0.2) is 60.9 Å². The minimum Gasteiger partial charge on any atom is -0.366 e. The monoisotopic (exact) mass is 519 g/mol. The van der Waals surface area contributed by atoms with E-state index in [1.165, 1.54) is 6.07 Å². The van der Waals surface area contributed by atoms with Crippen molar-refractivity contribution in [2.24, 2.45) is 17.6 Å². The zero-order valence-electron chi connectivity index (χ0n) is 21.6. The Balaban J connectivity index is 1.10. The Kier molecular flexibility index (Phi) is 8.03. The quantitative estimate of drug-likeness (QED) is 0.365. The van der Waals surface area contributed by atoms with E-state index in [1.807, 2.05) is 36.7 Å². The molecule has 1 aliphatic heterocycles. The number of likely N-dealkylation sites (tertiary alicyclic amines) is 1. The molecule has 2 fully saturated rings. The number of carbonyl (C=O) groups excluding carboxylic acids is 2. The van der Waals surface area contributed by atoms with Crippen LogP contribution in [-0.2, 0) is 0 Å². The zero-order valence-corrected chi connectivity index (χ0v) is 21.6. The first kappa shape index (κ1) is 26.3. The van der Waals surface area contributed by atoms with Crippen LogP contribution in [0.2, 0.25) is 0 Å². The molecule has 200 valence electrons. The van der Waals surface area contributed by atoms with Crippen molar-refractivity contribution in [3.05, 3.63) is 89.2 Å². The molecule has 2 aliphatic rings. The smallest absolute Gasteiger partial charge is 0.248 e. The highest BCUT2D eigenvalue weighted by Gasteiger charge is 2.29. The fourth-order valence-electron chi connectivity index (χ4n) is 6.21. The second-order valence-electron chi connectivity index (χ2n) is 10.8. The van der Waals surface area contributed by atoms with E-state index in [4.69, 9.17) is 5.73 Å². The number of halogens is 2. The minimum atomic E-state index is -0.970. The molecule has 0 bridgehead atoms. The van der Waals surface area contributed by atoms with Crippen molar-refractivity contribution in [3.8, 4) is 5.69 Å². The van der Waals surface area contributed by atoms with Crippen LogP contribution < -0.4 is 5.73 Å². The maximum atomic E-state index is 13.5. The van der Waals surface area contributed by atoms with Gasteiger partial charge in [0.2, 0.25) is 5.91 Å². The highest BCUT2D eigenvalue weighted by Crippen LogP contribution is 2.39. The van der Waals surface area contributed by atoms with Gasteiger partial charge in [-0.25, -0.2) is 8.78 Å². The van der Waals surface area contributed by atoms with Crippen molar-refractivity contribution in [1.29, 1.82) is 0 Å². The average Bonchev–Trinajstić information content (AvgIpc) is 3.48. The molecule has 3 aromatic rings. The first-order valence-corrected chi connectivity index (χ1v) is 13.7. The van der Waals surface area contributed by atoms with Crippen LogP contribution in [0.5, 0.6) is 0 Å². The van der Waals surface area contributed by atoms with Gasteiger partial charge < -0.3 is 15.2 Å². The summed E-state index contributed by atoms with van der Waals surface area (Å²) in [7, 11) is 0. The predicted molar refractivity (Wildman–Crippen MR) is 143 cm³/mol. The van der Waals surface area contributed by atoms with Gasteiger partial charge in [-0.2, -0.15) is 0 Å². The van der Waals surface area contributed by atoms with Gasteiger partial charge in [0.05, 0.1) is 0 Å². The summed E-state index contributed by atoms with van der Waals surface area (Å²) >= 11 is 0. The van der Waals surface area contributed by atoms with E-state index in [2.05, 4.69) is 15.5 Å². The maximum absolute atomic E-state index is 13.5. The SMILES string of the molecule is NC(=O)c1ccc(-n2cccc2)cc1C1CCC(CCN2CCC(C(=O)c3ccc(F)c(F)c3)CC2)CC1. The summed E-state index contributed by atoms with van der Waals surface area (Å²) in [5.41, 5.74) is 8.72. The fraction of sp³-hybridized carbons (Fsp3) is 0.419. The topological polar surface area (TPSA) is 68.3 Å². The van der Waals surface area contributed by atoms with Crippen molar-refractivity contribution in [1.82, 2.24) is 9.47 Å². The number of carbonyl (C=O) groups is 2. The number of hydrogen-bond donors (Lipinski definition) is 1. The summed E-state index contributed by atoms with van der Waals surface area (Å²) in [5, 5.41) is 0. The zero-order chi connectivity index (χ0) is 26.6. The van der Waals surface area contributed by atoms with Crippen molar-refractivity contribution >= 4 is 11.7 Å². The summed E-state index contributed by atoms with van der Waals surface area (Å²) < 4.78 is 28.8. The normalized spacial score (nSPS) is 20.9. The fourth-order valence-corrected chi connectivity index (χ4v) is 6.21. The van der Waals surface area contributed by atoms with Crippen LogP contribution in [0.25, 0.3) is 5.69 Å². The molecule has 1 amide bonds. The molecule has 7 heteroatoms. The lowest BCUT2D eigenvalue weighted by Crippen LogP contribution is -2.37. The number of Topliss-reactive ketones (excluding diaryl/α,β-unsaturated/α-hetero) is 1. The molecule has 0 spiro atoms. The lowest BCUT2D eigenvalue weighted by atomic mass is 9.76. The van der Waals surface area contributed by atoms with E-state index in [-0.39, 0.29) is 23.2 Å². The van der Waals surface area contributed by atoms with Crippen LogP contribution >= 0.6 is 0 Å². The summed E-state index contributed by atoms with van der Waals surface area (Å²) in [6.45, 7) is 2.71. The molecular formula is C31H35F2N3O2. The van der Waals surface area contributed by atoms with Crippen LogP contribution in [0, 0.1) is 23.5 Å². The Bertz CT molecular complexity index is 1270. The Morgan fingerprint density at radius 2 is 1.58 bits per heavy atom. The molecule has 2 heterocycles. The Morgan fingerprint density at radius 3 is 2.24 bits per heavy atom. The summed E-state index contributed by atoms with van der Waals surface area (Å²) in [6, 6.07) is 13.3. The van der Waals surface area contributed by atoms with Gasteiger partial charge in [-0.15, -0.1) is 0 Å². The van der Waals surface area contributed by atoms with Crippen molar-refractivity contribution in [2.75, 3.05) is 19.6 Å². The number of primary amides is 1. The van der Waals surface area contributed by atoms with Crippen molar-refractivity contribution in [2.45, 2.75) is 50.9 Å². The standard InChI is InChI=1S/C31H35F2N3O2/c32-28-10-7-24(19-29(28)33)30(37)23-12-17-35(18-13-23)16-11-21-3-5-22(6-4-21)27-20-25(36-14-1-2-15-36)8-9-26(27)31(34)38/h1-2,7-10,14-15,19-23H,3-6,11-13,16-18H2,(H2,34,38). The molecule has 1 aromatic heterocycles. The number of aromatic nitrogens is 1. The number of rotatable bonds is 8. The van der Waals surface area contributed by atoms with Gasteiger partial charge in [0.15, 0.2) is 17.4 Å². The number of hydrogen-bond acceptors (Lipinski definition) is 3. The molecule has 5 rings (SSSR count). The van der Waals surface area contributed by atoms with Gasteiger partial charge >= 0.3 is 0 Å². The average molecular weight is 520 g/mol.